The maximum absolute atomic E-state index is 12.1. The second kappa shape index (κ2) is 6.48. The third-order valence-electron chi connectivity index (χ3n) is 3.44. The van der Waals surface area contributed by atoms with E-state index in [1.807, 2.05) is 0 Å². The fourth-order valence-corrected chi connectivity index (χ4v) is 3.55. The van der Waals surface area contributed by atoms with Crippen LogP contribution in [0.2, 0.25) is 0 Å². The van der Waals surface area contributed by atoms with E-state index >= 15 is 0 Å². The van der Waals surface area contributed by atoms with Crippen LogP contribution in [0.1, 0.15) is 18.1 Å². The standard InChI is InChI=1S/C17H15N3O4S/c1-12(21)24-14-9-7-13(8-10-14)11-18-20(2)17-15-5-3-4-6-16(15)25(22,23)19-17/h3-11H,1-2H3/b18-11+. The summed E-state index contributed by atoms with van der Waals surface area (Å²) in [5.41, 5.74) is 1.28. The summed E-state index contributed by atoms with van der Waals surface area (Å²) in [4.78, 5) is 11.1. The van der Waals surface area contributed by atoms with Gasteiger partial charge >= 0.3 is 5.97 Å². The second-order valence-electron chi connectivity index (χ2n) is 5.32. The molecule has 0 atom stereocenters. The lowest BCUT2D eigenvalue weighted by Crippen LogP contribution is -2.21. The van der Waals surface area contributed by atoms with Crippen molar-refractivity contribution >= 4 is 28.0 Å². The van der Waals surface area contributed by atoms with E-state index in [1.54, 1.807) is 55.7 Å². The zero-order valence-electron chi connectivity index (χ0n) is 13.6. The third kappa shape index (κ3) is 3.58. The van der Waals surface area contributed by atoms with E-state index in [-0.39, 0.29) is 16.7 Å². The number of fused-ring (bicyclic) bond motifs is 1. The molecule has 1 heterocycles. The molecule has 0 spiro atoms. The Kier molecular flexibility index (Phi) is 4.37. The van der Waals surface area contributed by atoms with Crippen molar-refractivity contribution < 1.29 is 17.9 Å². The van der Waals surface area contributed by atoms with Crippen LogP contribution in [-0.2, 0) is 14.8 Å². The summed E-state index contributed by atoms with van der Waals surface area (Å²) < 4.78 is 32.9. The molecule has 7 nitrogen and oxygen atoms in total. The lowest BCUT2D eigenvalue weighted by molar-refractivity contribution is -0.131. The number of benzene rings is 2. The molecule has 2 aromatic rings. The molecule has 0 unspecified atom stereocenters. The van der Waals surface area contributed by atoms with Gasteiger partial charge in [-0.1, -0.05) is 12.1 Å². The lowest BCUT2D eigenvalue weighted by Gasteiger charge is -2.12. The summed E-state index contributed by atoms with van der Waals surface area (Å²) >= 11 is 0. The van der Waals surface area contributed by atoms with Gasteiger partial charge in [-0.05, 0) is 42.0 Å². The Morgan fingerprint density at radius 3 is 2.52 bits per heavy atom. The van der Waals surface area contributed by atoms with Crippen molar-refractivity contribution in [3.05, 3.63) is 59.7 Å². The number of carbonyl (C=O) groups is 1. The largest absolute Gasteiger partial charge is 0.427 e. The van der Waals surface area contributed by atoms with Crippen LogP contribution in [0, 0.1) is 0 Å². The van der Waals surface area contributed by atoms with Crippen molar-refractivity contribution in [2.75, 3.05) is 7.05 Å². The summed E-state index contributed by atoms with van der Waals surface area (Å²) in [6, 6.07) is 13.4. The zero-order valence-corrected chi connectivity index (χ0v) is 14.4. The Morgan fingerprint density at radius 1 is 1.16 bits per heavy atom. The molecule has 25 heavy (non-hydrogen) atoms. The van der Waals surface area contributed by atoms with Crippen LogP contribution in [0.25, 0.3) is 0 Å². The Labute approximate surface area is 145 Å². The van der Waals surface area contributed by atoms with E-state index in [9.17, 15) is 13.2 Å². The molecule has 0 bridgehead atoms. The first kappa shape index (κ1) is 16.8. The monoisotopic (exact) mass is 357 g/mol. The van der Waals surface area contributed by atoms with Crippen LogP contribution in [0.15, 0.2) is 62.9 Å². The van der Waals surface area contributed by atoms with Crippen LogP contribution < -0.4 is 4.74 Å². The predicted molar refractivity (Wildman–Crippen MR) is 93.3 cm³/mol. The summed E-state index contributed by atoms with van der Waals surface area (Å²) in [5.74, 6) is 0.321. The number of rotatable bonds is 3. The van der Waals surface area contributed by atoms with Gasteiger partial charge in [0, 0.05) is 19.5 Å². The molecule has 0 aliphatic carbocycles. The number of hydrazone groups is 1. The van der Waals surface area contributed by atoms with Crippen LogP contribution in [0.4, 0.5) is 0 Å². The van der Waals surface area contributed by atoms with Gasteiger partial charge in [0.05, 0.1) is 6.21 Å². The molecule has 0 N–H and O–H groups in total. The molecule has 0 fully saturated rings. The maximum atomic E-state index is 12.1. The SMILES string of the molecule is CC(=O)Oc1ccc(/C=N/N(C)C2=NS(=O)(=O)c3ccccc32)cc1. The van der Waals surface area contributed by atoms with Crippen molar-refractivity contribution in [3.63, 3.8) is 0 Å². The van der Waals surface area contributed by atoms with E-state index in [2.05, 4.69) is 9.50 Å². The Hall–Kier alpha value is -3.00. The van der Waals surface area contributed by atoms with Gasteiger partial charge in [-0.25, -0.2) is 5.01 Å². The minimum atomic E-state index is -3.68. The van der Waals surface area contributed by atoms with Gasteiger partial charge < -0.3 is 4.74 Å². The number of esters is 1. The average molecular weight is 357 g/mol. The first-order chi connectivity index (χ1) is 11.9. The lowest BCUT2D eigenvalue weighted by atomic mass is 10.2. The number of hydrogen-bond donors (Lipinski definition) is 0. The minimum Gasteiger partial charge on any atom is -0.427 e. The average Bonchev–Trinajstić information content (AvgIpc) is 2.85. The topological polar surface area (TPSA) is 88.4 Å². The molecule has 1 aliphatic heterocycles. The van der Waals surface area contributed by atoms with Crippen LogP contribution in [-0.4, -0.2) is 38.5 Å². The molecule has 0 saturated carbocycles. The molecule has 128 valence electrons. The van der Waals surface area contributed by atoms with Crippen molar-refractivity contribution in [1.29, 1.82) is 0 Å². The molecular formula is C17H15N3O4S. The molecule has 8 heteroatoms. The fourth-order valence-electron chi connectivity index (χ4n) is 2.32. The summed E-state index contributed by atoms with van der Waals surface area (Å²) in [7, 11) is -2.05. The molecule has 2 aromatic carbocycles. The Bertz CT molecular complexity index is 979. The van der Waals surface area contributed by atoms with Crippen LogP contribution >= 0.6 is 0 Å². The van der Waals surface area contributed by atoms with Crippen LogP contribution in [0.5, 0.6) is 5.75 Å². The van der Waals surface area contributed by atoms with E-state index in [1.165, 1.54) is 18.0 Å². The highest BCUT2D eigenvalue weighted by Gasteiger charge is 2.30. The normalized spacial score (nSPS) is 14.9. The van der Waals surface area contributed by atoms with E-state index in [0.717, 1.165) is 5.56 Å². The van der Waals surface area contributed by atoms with Crippen molar-refractivity contribution in [2.45, 2.75) is 11.8 Å². The van der Waals surface area contributed by atoms with Crippen molar-refractivity contribution in [1.82, 2.24) is 5.01 Å². The summed E-state index contributed by atoms with van der Waals surface area (Å²) in [6.45, 7) is 1.33. The van der Waals surface area contributed by atoms with Gasteiger partial charge in [0.15, 0.2) is 5.84 Å². The quantitative estimate of drug-likeness (QED) is 0.363. The number of sulfonamides is 1. The molecule has 0 radical (unpaired) electrons. The highest BCUT2D eigenvalue weighted by Crippen LogP contribution is 2.26. The Balaban J connectivity index is 1.80. The molecule has 0 amide bonds. The third-order valence-corrected chi connectivity index (χ3v) is 4.77. The van der Waals surface area contributed by atoms with Gasteiger partial charge in [0.25, 0.3) is 10.0 Å². The summed E-state index contributed by atoms with van der Waals surface area (Å²) in [6.07, 6.45) is 1.56. The minimum absolute atomic E-state index is 0.179. The zero-order chi connectivity index (χ0) is 18.0. The molecule has 1 aliphatic rings. The molecular weight excluding hydrogens is 342 g/mol. The molecule has 0 saturated heterocycles. The number of carbonyl (C=O) groups excluding carboxylic acids is 1. The first-order valence-corrected chi connectivity index (χ1v) is 8.81. The smallest absolute Gasteiger partial charge is 0.308 e. The fraction of sp³-hybridized carbons (Fsp3) is 0.118. The Morgan fingerprint density at radius 2 is 1.84 bits per heavy atom. The number of amidine groups is 1. The molecule has 0 aromatic heterocycles. The number of hydrogen-bond acceptors (Lipinski definition) is 6. The van der Waals surface area contributed by atoms with Gasteiger partial charge in [0.2, 0.25) is 0 Å². The van der Waals surface area contributed by atoms with E-state index in [0.29, 0.717) is 11.3 Å². The van der Waals surface area contributed by atoms with Crippen molar-refractivity contribution in [2.24, 2.45) is 9.50 Å². The highest BCUT2D eigenvalue weighted by molar-refractivity contribution is 7.90. The van der Waals surface area contributed by atoms with Crippen molar-refractivity contribution in [3.8, 4) is 5.75 Å². The predicted octanol–water partition coefficient (Wildman–Crippen LogP) is 2.03. The van der Waals surface area contributed by atoms with Gasteiger partial charge in [-0.15, -0.1) is 4.40 Å². The maximum Gasteiger partial charge on any atom is 0.308 e. The van der Waals surface area contributed by atoms with Crippen LogP contribution in [0.3, 0.4) is 0 Å². The van der Waals surface area contributed by atoms with E-state index < -0.39 is 10.0 Å². The molecule has 3 rings (SSSR count). The second-order valence-corrected chi connectivity index (χ2v) is 6.89. The van der Waals surface area contributed by atoms with Gasteiger partial charge in [-0.2, -0.15) is 13.5 Å². The first-order valence-electron chi connectivity index (χ1n) is 7.37. The number of ether oxygens (including phenoxy) is 1. The number of nitrogens with zero attached hydrogens (tertiary/aromatic N) is 3. The van der Waals surface area contributed by atoms with E-state index in [4.69, 9.17) is 4.74 Å². The summed E-state index contributed by atoms with van der Waals surface area (Å²) in [5, 5.41) is 5.64. The van der Waals surface area contributed by atoms with Gasteiger partial charge in [-0.3, -0.25) is 4.79 Å². The highest BCUT2D eigenvalue weighted by atomic mass is 32.2. The van der Waals surface area contributed by atoms with Gasteiger partial charge in [0.1, 0.15) is 10.6 Å².